The number of unbranched alkanes of at least 4 members (excludes halogenated alkanes) is 4. The van der Waals surface area contributed by atoms with Crippen molar-refractivity contribution in [2.45, 2.75) is 65.3 Å². The first-order valence-electron chi connectivity index (χ1n) is 5.51. The third-order valence-corrected chi connectivity index (χ3v) is 2.36. The van der Waals surface area contributed by atoms with E-state index in [2.05, 4.69) is 27.7 Å². The van der Waals surface area contributed by atoms with Crippen LogP contribution in [-0.4, -0.2) is 17.1 Å². The molecular weight excluding hydrogens is 160 g/mol. The van der Waals surface area contributed by atoms with Gasteiger partial charge in [-0.25, -0.2) is 5.01 Å². The molecule has 0 saturated carbocycles. The Morgan fingerprint density at radius 2 is 1.54 bits per heavy atom. The Labute approximate surface area is 83.5 Å². The molecule has 0 spiro atoms. The monoisotopic (exact) mass is 186 g/mol. The Bertz CT molecular complexity index is 116. The molecule has 2 nitrogen and oxygen atoms in total. The first-order chi connectivity index (χ1) is 5.98. The first kappa shape index (κ1) is 12.9. The van der Waals surface area contributed by atoms with Crippen molar-refractivity contribution < 1.29 is 0 Å². The van der Waals surface area contributed by atoms with Crippen molar-refractivity contribution in [2.24, 2.45) is 5.84 Å². The van der Waals surface area contributed by atoms with E-state index in [9.17, 15) is 0 Å². The zero-order valence-corrected chi connectivity index (χ0v) is 9.77. The van der Waals surface area contributed by atoms with Crippen LogP contribution >= 0.6 is 0 Å². The molecule has 13 heavy (non-hydrogen) atoms. The molecule has 0 saturated heterocycles. The van der Waals surface area contributed by atoms with Crippen LogP contribution in [0.4, 0.5) is 0 Å². The predicted octanol–water partition coefficient (Wildman–Crippen LogP) is 2.93. The van der Waals surface area contributed by atoms with Crippen LogP contribution in [0.5, 0.6) is 0 Å². The van der Waals surface area contributed by atoms with Gasteiger partial charge in [0.15, 0.2) is 0 Å². The van der Waals surface area contributed by atoms with Gasteiger partial charge in [-0.3, -0.25) is 5.84 Å². The number of rotatable bonds is 6. The molecule has 0 aliphatic carbocycles. The summed E-state index contributed by atoms with van der Waals surface area (Å²) < 4.78 is 0. The second-order valence-corrected chi connectivity index (χ2v) is 4.78. The van der Waals surface area contributed by atoms with Crippen molar-refractivity contribution in [3.8, 4) is 0 Å². The fraction of sp³-hybridized carbons (Fsp3) is 1.00. The van der Waals surface area contributed by atoms with Crippen LogP contribution in [0.2, 0.25) is 0 Å². The van der Waals surface area contributed by atoms with Gasteiger partial charge in [0.05, 0.1) is 0 Å². The summed E-state index contributed by atoms with van der Waals surface area (Å²) in [5, 5.41) is 1.94. The highest BCUT2D eigenvalue weighted by Crippen LogP contribution is 2.10. The summed E-state index contributed by atoms with van der Waals surface area (Å²) in [7, 11) is 0. The summed E-state index contributed by atoms with van der Waals surface area (Å²) in [5.74, 6) is 5.90. The standard InChI is InChI=1S/C11H26N2/c1-5-6-7-8-9-10-13(12)11(2,3)4/h5-10,12H2,1-4H3. The summed E-state index contributed by atoms with van der Waals surface area (Å²) in [6.07, 6.45) is 6.57. The maximum atomic E-state index is 5.90. The highest BCUT2D eigenvalue weighted by atomic mass is 15.4. The van der Waals surface area contributed by atoms with E-state index >= 15 is 0 Å². The van der Waals surface area contributed by atoms with E-state index < -0.39 is 0 Å². The molecule has 0 amide bonds. The van der Waals surface area contributed by atoms with Crippen LogP contribution in [0, 0.1) is 0 Å². The molecule has 0 aliphatic rings. The van der Waals surface area contributed by atoms with Gasteiger partial charge in [0.1, 0.15) is 0 Å². The van der Waals surface area contributed by atoms with E-state index in [4.69, 9.17) is 5.84 Å². The fourth-order valence-corrected chi connectivity index (χ4v) is 1.22. The molecule has 0 unspecified atom stereocenters. The fourth-order valence-electron chi connectivity index (χ4n) is 1.22. The molecule has 0 radical (unpaired) electrons. The Balaban J connectivity index is 3.32. The van der Waals surface area contributed by atoms with Gasteiger partial charge in [-0.1, -0.05) is 32.6 Å². The molecule has 2 heteroatoms. The van der Waals surface area contributed by atoms with Crippen LogP contribution in [0.15, 0.2) is 0 Å². The lowest BCUT2D eigenvalue weighted by Crippen LogP contribution is -2.46. The first-order valence-corrected chi connectivity index (χ1v) is 5.51. The van der Waals surface area contributed by atoms with Crippen LogP contribution in [0.3, 0.4) is 0 Å². The zero-order chi connectivity index (χ0) is 10.3. The molecule has 0 fully saturated rings. The minimum atomic E-state index is 0.116. The molecule has 2 N–H and O–H groups in total. The van der Waals surface area contributed by atoms with E-state index in [-0.39, 0.29) is 5.54 Å². The summed E-state index contributed by atoms with van der Waals surface area (Å²) in [6, 6.07) is 0. The van der Waals surface area contributed by atoms with Gasteiger partial charge in [0, 0.05) is 12.1 Å². The molecule has 0 aromatic rings. The molecule has 0 bridgehead atoms. The van der Waals surface area contributed by atoms with Crippen molar-refractivity contribution in [3.05, 3.63) is 0 Å². The molecule has 0 atom stereocenters. The van der Waals surface area contributed by atoms with Gasteiger partial charge in [-0.2, -0.15) is 0 Å². The topological polar surface area (TPSA) is 29.3 Å². The Morgan fingerprint density at radius 1 is 1.00 bits per heavy atom. The molecule has 80 valence electrons. The molecule has 0 aromatic carbocycles. The molecule has 0 aliphatic heterocycles. The van der Waals surface area contributed by atoms with E-state index in [1.54, 1.807) is 0 Å². The van der Waals surface area contributed by atoms with Crippen molar-refractivity contribution >= 4 is 0 Å². The highest BCUT2D eigenvalue weighted by molar-refractivity contribution is 4.70. The van der Waals surface area contributed by atoms with Crippen LogP contribution in [0.1, 0.15) is 59.8 Å². The summed E-state index contributed by atoms with van der Waals surface area (Å²) in [4.78, 5) is 0. The summed E-state index contributed by atoms with van der Waals surface area (Å²) in [5.41, 5.74) is 0.116. The van der Waals surface area contributed by atoms with E-state index in [0.29, 0.717) is 0 Å². The van der Waals surface area contributed by atoms with Crippen molar-refractivity contribution in [1.82, 2.24) is 5.01 Å². The molecular formula is C11H26N2. The maximum absolute atomic E-state index is 5.90. The summed E-state index contributed by atoms with van der Waals surface area (Å²) >= 11 is 0. The van der Waals surface area contributed by atoms with Crippen molar-refractivity contribution in [2.75, 3.05) is 6.54 Å². The Kier molecular flexibility index (Phi) is 6.35. The van der Waals surface area contributed by atoms with Gasteiger partial charge in [0.25, 0.3) is 0 Å². The van der Waals surface area contributed by atoms with Gasteiger partial charge < -0.3 is 0 Å². The van der Waals surface area contributed by atoms with E-state index in [1.807, 2.05) is 5.01 Å². The summed E-state index contributed by atoms with van der Waals surface area (Å²) in [6.45, 7) is 9.72. The molecule has 0 aromatic heterocycles. The second-order valence-electron chi connectivity index (χ2n) is 4.78. The average molecular weight is 186 g/mol. The minimum Gasteiger partial charge on any atom is -0.268 e. The van der Waals surface area contributed by atoms with Crippen LogP contribution in [-0.2, 0) is 0 Å². The van der Waals surface area contributed by atoms with Gasteiger partial charge in [-0.05, 0) is 27.2 Å². The second kappa shape index (κ2) is 6.39. The predicted molar refractivity (Wildman–Crippen MR) is 59.4 cm³/mol. The smallest absolute Gasteiger partial charge is 0.0267 e. The SMILES string of the molecule is CCCCCCCN(N)C(C)(C)C. The number of hydrogen-bond acceptors (Lipinski definition) is 2. The Hall–Kier alpha value is -0.0800. The number of hydrazine groups is 1. The zero-order valence-electron chi connectivity index (χ0n) is 9.77. The Morgan fingerprint density at radius 3 is 2.00 bits per heavy atom. The van der Waals surface area contributed by atoms with Gasteiger partial charge in [0.2, 0.25) is 0 Å². The van der Waals surface area contributed by atoms with Gasteiger partial charge in [-0.15, -0.1) is 0 Å². The lowest BCUT2D eigenvalue weighted by molar-refractivity contribution is 0.135. The highest BCUT2D eigenvalue weighted by Gasteiger charge is 2.16. The molecule has 0 rings (SSSR count). The largest absolute Gasteiger partial charge is 0.268 e. The quantitative estimate of drug-likeness (QED) is 0.392. The minimum absolute atomic E-state index is 0.116. The van der Waals surface area contributed by atoms with Crippen molar-refractivity contribution in [1.29, 1.82) is 0 Å². The maximum Gasteiger partial charge on any atom is 0.0267 e. The average Bonchev–Trinajstić information content (AvgIpc) is 2.02. The normalized spacial score (nSPS) is 12.5. The third kappa shape index (κ3) is 7.03. The van der Waals surface area contributed by atoms with Crippen molar-refractivity contribution in [3.63, 3.8) is 0 Å². The van der Waals surface area contributed by atoms with E-state index in [0.717, 1.165) is 6.54 Å². The molecule has 0 heterocycles. The number of hydrogen-bond donors (Lipinski definition) is 1. The number of nitrogens with zero attached hydrogens (tertiary/aromatic N) is 1. The van der Waals surface area contributed by atoms with Gasteiger partial charge >= 0.3 is 0 Å². The van der Waals surface area contributed by atoms with E-state index in [1.165, 1.54) is 32.1 Å². The number of nitrogens with two attached hydrogens (primary N) is 1. The van der Waals surface area contributed by atoms with Crippen LogP contribution < -0.4 is 5.84 Å². The lowest BCUT2D eigenvalue weighted by atomic mass is 10.1. The van der Waals surface area contributed by atoms with Crippen LogP contribution in [0.25, 0.3) is 0 Å². The lowest BCUT2D eigenvalue weighted by Gasteiger charge is -2.31. The third-order valence-electron chi connectivity index (χ3n) is 2.36.